The topological polar surface area (TPSA) is 85.5 Å². The molecule has 1 heterocycles. The van der Waals surface area contributed by atoms with E-state index >= 15 is 0 Å². The molecular weight excluding hydrogens is 272 g/mol. The van der Waals surface area contributed by atoms with E-state index in [1.54, 1.807) is 13.8 Å². The van der Waals surface area contributed by atoms with Gasteiger partial charge >= 0.3 is 5.97 Å². The SMILES string of the molecule is CCOc1cccc(-c2noc(C(C)C(C)C(=O)O)n2)c1. The summed E-state index contributed by atoms with van der Waals surface area (Å²) in [5.41, 5.74) is 0.770. The molecule has 2 rings (SSSR count). The van der Waals surface area contributed by atoms with Crippen molar-refractivity contribution >= 4 is 5.97 Å². The maximum atomic E-state index is 11.0. The Morgan fingerprint density at radius 1 is 1.43 bits per heavy atom. The lowest BCUT2D eigenvalue weighted by atomic mass is 9.96. The van der Waals surface area contributed by atoms with E-state index in [0.29, 0.717) is 18.3 Å². The van der Waals surface area contributed by atoms with Crippen molar-refractivity contribution in [1.29, 1.82) is 0 Å². The van der Waals surface area contributed by atoms with Gasteiger partial charge in [0.2, 0.25) is 11.7 Å². The summed E-state index contributed by atoms with van der Waals surface area (Å²) >= 11 is 0. The van der Waals surface area contributed by atoms with Crippen molar-refractivity contribution < 1.29 is 19.2 Å². The van der Waals surface area contributed by atoms with Crippen LogP contribution < -0.4 is 4.74 Å². The predicted octanol–water partition coefficient (Wildman–Crippen LogP) is 2.96. The molecule has 2 aromatic rings. The smallest absolute Gasteiger partial charge is 0.307 e. The lowest BCUT2D eigenvalue weighted by Crippen LogP contribution is -2.16. The van der Waals surface area contributed by atoms with E-state index in [1.807, 2.05) is 31.2 Å². The highest BCUT2D eigenvalue weighted by atomic mass is 16.5. The molecule has 2 unspecified atom stereocenters. The highest BCUT2D eigenvalue weighted by Gasteiger charge is 2.26. The molecule has 1 N–H and O–H groups in total. The number of nitrogens with zero attached hydrogens (tertiary/aromatic N) is 2. The van der Waals surface area contributed by atoms with Crippen LogP contribution in [-0.4, -0.2) is 27.8 Å². The van der Waals surface area contributed by atoms with Gasteiger partial charge in [-0.2, -0.15) is 4.98 Å². The van der Waals surface area contributed by atoms with E-state index < -0.39 is 11.9 Å². The molecule has 0 fully saturated rings. The Morgan fingerprint density at radius 2 is 2.19 bits per heavy atom. The van der Waals surface area contributed by atoms with Gasteiger partial charge in [0.25, 0.3) is 0 Å². The molecule has 6 heteroatoms. The Hall–Kier alpha value is -2.37. The zero-order chi connectivity index (χ0) is 15.4. The second kappa shape index (κ2) is 6.39. The zero-order valence-electron chi connectivity index (χ0n) is 12.2. The van der Waals surface area contributed by atoms with Gasteiger partial charge in [-0.15, -0.1) is 0 Å². The Balaban J connectivity index is 2.23. The van der Waals surface area contributed by atoms with Crippen LogP contribution in [0.3, 0.4) is 0 Å². The number of carboxylic acid groups (broad SMARTS) is 1. The molecule has 0 saturated heterocycles. The highest BCUT2D eigenvalue weighted by Crippen LogP contribution is 2.26. The van der Waals surface area contributed by atoms with Gasteiger partial charge in [0.05, 0.1) is 12.5 Å². The first-order valence-electron chi connectivity index (χ1n) is 6.82. The van der Waals surface area contributed by atoms with Gasteiger partial charge < -0.3 is 14.4 Å². The minimum absolute atomic E-state index is 0.321. The number of benzene rings is 1. The number of hydrogen-bond acceptors (Lipinski definition) is 5. The summed E-state index contributed by atoms with van der Waals surface area (Å²) < 4.78 is 10.6. The highest BCUT2D eigenvalue weighted by molar-refractivity contribution is 5.70. The Bertz CT molecular complexity index is 624. The number of carboxylic acids is 1. The van der Waals surface area contributed by atoms with Crippen molar-refractivity contribution in [2.45, 2.75) is 26.7 Å². The maximum Gasteiger partial charge on any atom is 0.307 e. The van der Waals surface area contributed by atoms with Crippen LogP contribution in [-0.2, 0) is 4.79 Å². The minimum atomic E-state index is -0.888. The van der Waals surface area contributed by atoms with E-state index in [1.165, 1.54) is 0 Å². The van der Waals surface area contributed by atoms with E-state index in [0.717, 1.165) is 11.3 Å². The molecule has 0 aliphatic rings. The molecule has 0 bridgehead atoms. The van der Waals surface area contributed by atoms with Crippen LogP contribution in [0.15, 0.2) is 28.8 Å². The molecule has 0 saturated carbocycles. The molecule has 6 nitrogen and oxygen atoms in total. The minimum Gasteiger partial charge on any atom is -0.494 e. The van der Waals surface area contributed by atoms with Crippen LogP contribution in [0.1, 0.15) is 32.6 Å². The first-order chi connectivity index (χ1) is 10.0. The van der Waals surface area contributed by atoms with Crippen molar-refractivity contribution in [1.82, 2.24) is 10.1 Å². The van der Waals surface area contributed by atoms with Gasteiger partial charge in [0, 0.05) is 11.5 Å². The van der Waals surface area contributed by atoms with Gasteiger partial charge in [-0.05, 0) is 19.1 Å². The average Bonchev–Trinajstić information content (AvgIpc) is 2.96. The number of rotatable bonds is 6. The number of hydrogen-bond donors (Lipinski definition) is 1. The van der Waals surface area contributed by atoms with Gasteiger partial charge in [0.15, 0.2) is 0 Å². The number of ether oxygens (including phenoxy) is 1. The van der Waals surface area contributed by atoms with Crippen LogP contribution in [0.25, 0.3) is 11.4 Å². The summed E-state index contributed by atoms with van der Waals surface area (Å²) in [6, 6.07) is 7.37. The third kappa shape index (κ3) is 3.39. The van der Waals surface area contributed by atoms with E-state index in [-0.39, 0.29) is 5.92 Å². The molecule has 21 heavy (non-hydrogen) atoms. The first kappa shape index (κ1) is 15.0. The number of aromatic nitrogens is 2. The lowest BCUT2D eigenvalue weighted by molar-refractivity contribution is -0.141. The average molecular weight is 290 g/mol. The van der Waals surface area contributed by atoms with Crippen molar-refractivity contribution in [3.63, 3.8) is 0 Å². The summed E-state index contributed by atoms with van der Waals surface area (Å²) in [7, 11) is 0. The Morgan fingerprint density at radius 3 is 2.86 bits per heavy atom. The lowest BCUT2D eigenvalue weighted by Gasteiger charge is -2.10. The standard InChI is InChI=1S/C15H18N2O4/c1-4-20-12-7-5-6-11(8-12)13-16-14(21-17-13)9(2)10(3)15(18)19/h5-10H,4H2,1-3H3,(H,18,19). The van der Waals surface area contributed by atoms with E-state index in [9.17, 15) is 4.79 Å². The van der Waals surface area contributed by atoms with E-state index in [2.05, 4.69) is 10.1 Å². The third-order valence-corrected chi connectivity index (χ3v) is 3.37. The summed E-state index contributed by atoms with van der Waals surface area (Å²) in [5, 5.41) is 12.9. The maximum absolute atomic E-state index is 11.0. The molecule has 2 atom stereocenters. The van der Waals surface area contributed by atoms with Crippen molar-refractivity contribution in [3.05, 3.63) is 30.2 Å². The predicted molar refractivity (Wildman–Crippen MR) is 76.1 cm³/mol. The summed E-state index contributed by atoms with van der Waals surface area (Å²) in [5.74, 6) is -0.349. The van der Waals surface area contributed by atoms with Crippen molar-refractivity contribution in [2.75, 3.05) is 6.61 Å². The molecule has 0 spiro atoms. The van der Waals surface area contributed by atoms with Gasteiger partial charge in [0.1, 0.15) is 5.75 Å². The Kier molecular flexibility index (Phi) is 4.57. The van der Waals surface area contributed by atoms with Gasteiger partial charge in [-0.25, -0.2) is 0 Å². The second-order valence-electron chi connectivity index (χ2n) is 4.83. The molecule has 0 aliphatic carbocycles. The molecule has 112 valence electrons. The fraction of sp³-hybridized carbons (Fsp3) is 0.400. The van der Waals surface area contributed by atoms with Crippen LogP contribution >= 0.6 is 0 Å². The Labute approximate surface area is 122 Å². The normalized spacial score (nSPS) is 13.7. The molecule has 1 aromatic carbocycles. The van der Waals surface area contributed by atoms with Crippen LogP contribution in [0.4, 0.5) is 0 Å². The largest absolute Gasteiger partial charge is 0.494 e. The summed E-state index contributed by atoms with van der Waals surface area (Å²) in [6.45, 7) is 5.86. The fourth-order valence-electron chi connectivity index (χ4n) is 1.86. The monoisotopic (exact) mass is 290 g/mol. The quantitative estimate of drug-likeness (QED) is 0.880. The van der Waals surface area contributed by atoms with Gasteiger partial charge in [-0.3, -0.25) is 4.79 Å². The number of carbonyl (C=O) groups is 1. The molecule has 0 radical (unpaired) electrons. The molecule has 0 amide bonds. The third-order valence-electron chi connectivity index (χ3n) is 3.37. The summed E-state index contributed by atoms with van der Waals surface area (Å²) in [6.07, 6.45) is 0. The molecule has 1 aromatic heterocycles. The second-order valence-corrected chi connectivity index (χ2v) is 4.83. The fourth-order valence-corrected chi connectivity index (χ4v) is 1.86. The molecular formula is C15H18N2O4. The van der Waals surface area contributed by atoms with Crippen molar-refractivity contribution in [2.24, 2.45) is 5.92 Å². The first-order valence-corrected chi connectivity index (χ1v) is 6.82. The van der Waals surface area contributed by atoms with Crippen molar-refractivity contribution in [3.8, 4) is 17.1 Å². The summed E-state index contributed by atoms with van der Waals surface area (Å²) in [4.78, 5) is 15.3. The van der Waals surface area contributed by atoms with Crippen LogP contribution in [0, 0.1) is 5.92 Å². The number of aliphatic carboxylic acids is 1. The molecule has 0 aliphatic heterocycles. The van der Waals surface area contributed by atoms with E-state index in [4.69, 9.17) is 14.4 Å². The zero-order valence-corrected chi connectivity index (χ0v) is 12.2. The van der Waals surface area contributed by atoms with Gasteiger partial charge in [-0.1, -0.05) is 31.1 Å². The van der Waals surface area contributed by atoms with Crippen LogP contribution in [0.5, 0.6) is 5.75 Å². The van der Waals surface area contributed by atoms with Crippen LogP contribution in [0.2, 0.25) is 0 Å².